The maximum atomic E-state index is 13.2. The van der Waals surface area contributed by atoms with Crippen molar-refractivity contribution in [2.24, 2.45) is 0 Å². The molecule has 0 spiro atoms. The fourth-order valence-electron chi connectivity index (χ4n) is 1.22. The van der Waals surface area contributed by atoms with Crippen molar-refractivity contribution >= 4 is 31.7 Å². The van der Waals surface area contributed by atoms with Crippen LogP contribution in [0.2, 0.25) is 0 Å². The molecule has 2 aromatic rings. The van der Waals surface area contributed by atoms with Gasteiger partial charge in [-0.25, -0.2) is 0 Å². The fourth-order valence-corrected chi connectivity index (χ4v) is 2.49. The minimum atomic E-state index is -0.845. The molecule has 1 aromatic heterocycles. The van der Waals surface area contributed by atoms with Crippen LogP contribution in [0.25, 0.3) is 11.0 Å². The molecule has 0 N–H and O–H groups in total. The molecule has 0 aliphatic rings. The molecule has 0 amide bonds. The van der Waals surface area contributed by atoms with E-state index in [4.69, 9.17) is 0 Å². The molecule has 1 aromatic carbocycles. The Morgan fingerprint density at radius 3 is 2.79 bits per heavy atom. The van der Waals surface area contributed by atoms with E-state index in [2.05, 4.69) is 7.96 Å². The first-order chi connectivity index (χ1) is 6.61. The Morgan fingerprint density at radius 1 is 1.50 bits per heavy atom. The van der Waals surface area contributed by atoms with Crippen molar-refractivity contribution in [2.45, 2.75) is 6.92 Å². The SMILES string of the molecule is Cc1cc(F)c([N+](=O)[O-])c2n[se]nc12. The normalized spacial score (nSPS) is 10.7. The molecule has 0 radical (unpaired) electrons. The third kappa shape index (κ3) is 1.21. The second kappa shape index (κ2) is 3.11. The van der Waals surface area contributed by atoms with Crippen LogP contribution in [0.5, 0.6) is 0 Å². The molecule has 0 atom stereocenters. The number of aromatic nitrogens is 2. The Kier molecular flexibility index (Phi) is 2.05. The van der Waals surface area contributed by atoms with E-state index in [1.54, 1.807) is 6.92 Å². The van der Waals surface area contributed by atoms with Crippen molar-refractivity contribution in [3.8, 4) is 0 Å². The minimum absolute atomic E-state index is 0.0903. The van der Waals surface area contributed by atoms with Gasteiger partial charge in [0.1, 0.15) is 0 Å². The molecular formula is C7H4FN3O2Se. The zero-order valence-electron chi connectivity index (χ0n) is 7.02. The van der Waals surface area contributed by atoms with Crippen LogP contribution in [-0.4, -0.2) is 27.8 Å². The Bertz CT molecular complexity index is 525. The first kappa shape index (κ1) is 9.23. The first-order valence-electron chi connectivity index (χ1n) is 3.67. The van der Waals surface area contributed by atoms with Gasteiger partial charge in [0, 0.05) is 0 Å². The summed E-state index contributed by atoms with van der Waals surface area (Å²) in [5.74, 6) is -0.845. The second-order valence-electron chi connectivity index (χ2n) is 2.74. The molecule has 0 aliphatic heterocycles. The summed E-state index contributed by atoms with van der Waals surface area (Å²) in [5.41, 5.74) is 0.575. The average Bonchev–Trinajstić information content (AvgIpc) is 2.51. The molecule has 0 aliphatic carbocycles. The van der Waals surface area contributed by atoms with Crippen molar-refractivity contribution < 1.29 is 9.31 Å². The van der Waals surface area contributed by atoms with E-state index < -0.39 is 16.4 Å². The van der Waals surface area contributed by atoms with Gasteiger partial charge >= 0.3 is 83.4 Å². The molecule has 0 bridgehead atoms. The van der Waals surface area contributed by atoms with E-state index in [0.29, 0.717) is 11.1 Å². The predicted octanol–water partition coefficient (Wildman–Crippen LogP) is 1.04. The number of hydrogen-bond acceptors (Lipinski definition) is 4. The van der Waals surface area contributed by atoms with E-state index >= 15 is 0 Å². The van der Waals surface area contributed by atoms with Gasteiger partial charge in [0.15, 0.2) is 0 Å². The molecule has 2 rings (SSSR count). The van der Waals surface area contributed by atoms with Gasteiger partial charge in [0.2, 0.25) is 0 Å². The Balaban J connectivity index is 2.93. The average molecular weight is 260 g/mol. The Labute approximate surface area is 83.9 Å². The summed E-state index contributed by atoms with van der Waals surface area (Å²) in [6, 6.07) is 1.12. The van der Waals surface area contributed by atoms with Crippen LogP contribution in [0, 0.1) is 22.9 Å². The quantitative estimate of drug-likeness (QED) is 0.436. The summed E-state index contributed by atoms with van der Waals surface area (Å²) < 4.78 is 21.1. The number of aryl methyl sites for hydroxylation is 1. The molecular weight excluding hydrogens is 256 g/mol. The summed E-state index contributed by atoms with van der Waals surface area (Å²) in [5, 5.41) is 10.6. The molecule has 0 saturated carbocycles. The number of hydrogen-bond donors (Lipinski definition) is 0. The standard InChI is InChI=1S/C7H4FN3O2Se/c1-3-2-4(8)7(11(12)13)6-5(3)9-14-10-6/h2H,1H3. The monoisotopic (exact) mass is 261 g/mol. The van der Waals surface area contributed by atoms with E-state index in [0.717, 1.165) is 6.07 Å². The topological polar surface area (TPSA) is 68.9 Å². The molecule has 0 unspecified atom stereocenters. The Hall–Kier alpha value is -1.33. The molecule has 72 valence electrons. The van der Waals surface area contributed by atoms with E-state index in [-0.39, 0.29) is 20.5 Å². The Morgan fingerprint density at radius 2 is 2.14 bits per heavy atom. The predicted molar refractivity (Wildman–Crippen MR) is 47.8 cm³/mol. The summed E-state index contributed by atoms with van der Waals surface area (Å²) in [6.07, 6.45) is 0. The van der Waals surface area contributed by atoms with Gasteiger partial charge in [0.25, 0.3) is 0 Å². The number of nitro groups is 1. The van der Waals surface area contributed by atoms with E-state index in [1.807, 2.05) is 0 Å². The summed E-state index contributed by atoms with van der Waals surface area (Å²) in [4.78, 5) is 9.81. The number of nitro benzene ring substituents is 1. The van der Waals surface area contributed by atoms with Crippen LogP contribution in [0.4, 0.5) is 10.1 Å². The van der Waals surface area contributed by atoms with Crippen molar-refractivity contribution in [1.29, 1.82) is 0 Å². The molecule has 7 heteroatoms. The third-order valence-electron chi connectivity index (χ3n) is 1.84. The number of fused-ring (bicyclic) bond motifs is 1. The summed E-state index contributed by atoms with van der Waals surface area (Å²) in [6.45, 7) is 1.66. The molecule has 5 nitrogen and oxygen atoms in total. The zero-order valence-corrected chi connectivity index (χ0v) is 8.73. The van der Waals surface area contributed by atoms with Crippen molar-refractivity contribution in [3.63, 3.8) is 0 Å². The summed E-state index contributed by atoms with van der Waals surface area (Å²) >= 11 is -0.383. The van der Waals surface area contributed by atoms with Crippen molar-refractivity contribution in [3.05, 3.63) is 27.6 Å². The van der Waals surface area contributed by atoms with Crippen LogP contribution < -0.4 is 0 Å². The van der Waals surface area contributed by atoms with Crippen LogP contribution in [0.1, 0.15) is 5.56 Å². The van der Waals surface area contributed by atoms with E-state index in [9.17, 15) is 14.5 Å². The maximum absolute atomic E-state index is 13.2. The fraction of sp³-hybridized carbons (Fsp3) is 0.143. The molecule has 0 fully saturated rings. The van der Waals surface area contributed by atoms with Gasteiger partial charge in [-0.2, -0.15) is 0 Å². The summed E-state index contributed by atoms with van der Waals surface area (Å²) in [7, 11) is 0. The number of halogens is 1. The van der Waals surface area contributed by atoms with Crippen LogP contribution >= 0.6 is 0 Å². The number of nitrogens with zero attached hydrogens (tertiary/aromatic N) is 3. The third-order valence-corrected chi connectivity index (χ3v) is 2.95. The van der Waals surface area contributed by atoms with Crippen molar-refractivity contribution in [2.75, 3.05) is 0 Å². The zero-order chi connectivity index (χ0) is 10.3. The van der Waals surface area contributed by atoms with Gasteiger partial charge < -0.3 is 0 Å². The molecule has 0 saturated heterocycles. The van der Waals surface area contributed by atoms with Crippen LogP contribution in [-0.2, 0) is 0 Å². The van der Waals surface area contributed by atoms with Crippen molar-refractivity contribution in [1.82, 2.24) is 7.96 Å². The number of rotatable bonds is 1. The van der Waals surface area contributed by atoms with Gasteiger partial charge in [-0.15, -0.1) is 0 Å². The van der Waals surface area contributed by atoms with Crippen LogP contribution in [0.15, 0.2) is 6.07 Å². The van der Waals surface area contributed by atoms with Gasteiger partial charge in [-0.3, -0.25) is 0 Å². The van der Waals surface area contributed by atoms with Crippen LogP contribution in [0.3, 0.4) is 0 Å². The van der Waals surface area contributed by atoms with Gasteiger partial charge in [-0.05, 0) is 0 Å². The van der Waals surface area contributed by atoms with E-state index in [1.165, 1.54) is 0 Å². The van der Waals surface area contributed by atoms with Gasteiger partial charge in [-0.1, -0.05) is 0 Å². The first-order valence-corrected chi connectivity index (χ1v) is 5.20. The van der Waals surface area contributed by atoms with Gasteiger partial charge in [0.05, 0.1) is 0 Å². The number of benzene rings is 1. The molecule has 1 heterocycles. The molecule has 14 heavy (non-hydrogen) atoms. The second-order valence-corrected chi connectivity index (χ2v) is 3.85.